The van der Waals surface area contributed by atoms with Gasteiger partial charge in [0.05, 0.1) is 5.41 Å². The van der Waals surface area contributed by atoms with Gasteiger partial charge in [0.15, 0.2) is 5.69 Å². The Balaban J connectivity index is 2.07. The van der Waals surface area contributed by atoms with Crippen molar-refractivity contribution in [1.29, 1.82) is 0 Å². The van der Waals surface area contributed by atoms with Gasteiger partial charge < -0.3 is 14.8 Å². The molecule has 0 bridgehead atoms. The lowest BCUT2D eigenvalue weighted by Crippen LogP contribution is -2.26. The molecule has 1 aromatic carbocycles. The van der Waals surface area contributed by atoms with E-state index < -0.39 is 11.4 Å². The fraction of sp³-hybridized carbons (Fsp3) is 0.214. The van der Waals surface area contributed by atoms with Crippen LogP contribution >= 0.6 is 0 Å². The van der Waals surface area contributed by atoms with Gasteiger partial charge >= 0.3 is 5.97 Å². The number of aromatic nitrogens is 1. The maximum Gasteiger partial charge on any atom is 0.357 e. The van der Waals surface area contributed by atoms with Crippen molar-refractivity contribution in [2.45, 2.75) is 19.3 Å². The van der Waals surface area contributed by atoms with Crippen LogP contribution < -0.4 is 5.32 Å². The maximum absolute atomic E-state index is 11.9. The van der Waals surface area contributed by atoms with E-state index in [1.165, 1.54) is 0 Å². The van der Waals surface area contributed by atoms with Crippen LogP contribution in [0.5, 0.6) is 0 Å². The minimum atomic E-state index is -1.14. The average Bonchev–Trinajstić information content (AvgIpc) is 2.95. The third kappa shape index (κ3) is 1.69. The molecule has 2 heterocycles. The summed E-state index contributed by atoms with van der Waals surface area (Å²) >= 11 is 0. The number of benzene rings is 1. The lowest BCUT2D eigenvalue weighted by molar-refractivity contribution is -0.119. The number of oxazole rings is 1. The van der Waals surface area contributed by atoms with Crippen LogP contribution in [0.1, 0.15) is 29.9 Å². The summed E-state index contributed by atoms with van der Waals surface area (Å²) in [6.45, 7) is 3.66. The monoisotopic (exact) mass is 272 g/mol. The van der Waals surface area contributed by atoms with Crippen LogP contribution in [-0.4, -0.2) is 22.0 Å². The number of hydrogen-bond donors (Lipinski definition) is 2. The fourth-order valence-corrected chi connectivity index (χ4v) is 2.21. The Morgan fingerprint density at radius 1 is 1.40 bits per heavy atom. The minimum Gasteiger partial charge on any atom is -0.476 e. The zero-order chi connectivity index (χ0) is 14.5. The maximum atomic E-state index is 11.9. The molecule has 0 saturated heterocycles. The largest absolute Gasteiger partial charge is 0.476 e. The number of carbonyl (C=O) groups is 2. The molecule has 0 fully saturated rings. The van der Waals surface area contributed by atoms with E-state index in [2.05, 4.69) is 10.3 Å². The van der Waals surface area contributed by atoms with Crippen molar-refractivity contribution in [3.63, 3.8) is 0 Å². The molecule has 1 aliphatic rings. The minimum absolute atomic E-state index is 0.0664. The van der Waals surface area contributed by atoms with Crippen LogP contribution in [0.3, 0.4) is 0 Å². The summed E-state index contributed by atoms with van der Waals surface area (Å²) in [6.07, 6.45) is 1.10. The molecule has 2 N–H and O–H groups in total. The van der Waals surface area contributed by atoms with E-state index in [0.717, 1.165) is 17.5 Å². The van der Waals surface area contributed by atoms with E-state index in [0.29, 0.717) is 5.56 Å². The fourth-order valence-electron chi connectivity index (χ4n) is 2.21. The molecule has 0 aliphatic carbocycles. The molecule has 1 aromatic heterocycles. The van der Waals surface area contributed by atoms with Crippen molar-refractivity contribution in [1.82, 2.24) is 4.98 Å². The summed E-state index contributed by atoms with van der Waals surface area (Å²) in [6, 6.07) is 5.30. The van der Waals surface area contributed by atoms with Gasteiger partial charge in [-0.2, -0.15) is 0 Å². The van der Waals surface area contributed by atoms with Crippen molar-refractivity contribution < 1.29 is 19.1 Å². The number of carboxylic acid groups (broad SMARTS) is 1. The van der Waals surface area contributed by atoms with E-state index in [9.17, 15) is 9.59 Å². The molecule has 0 radical (unpaired) electrons. The average molecular weight is 272 g/mol. The number of amides is 1. The van der Waals surface area contributed by atoms with Crippen molar-refractivity contribution in [3.8, 4) is 11.5 Å². The van der Waals surface area contributed by atoms with Gasteiger partial charge in [-0.15, -0.1) is 0 Å². The second-order valence-electron chi connectivity index (χ2n) is 5.18. The highest BCUT2D eigenvalue weighted by Crippen LogP contribution is 2.39. The Labute approximate surface area is 114 Å². The number of rotatable bonds is 2. The van der Waals surface area contributed by atoms with E-state index in [1.807, 2.05) is 13.8 Å². The number of carbonyl (C=O) groups excluding carboxylic acids is 1. The van der Waals surface area contributed by atoms with Gasteiger partial charge in [-0.25, -0.2) is 9.78 Å². The zero-order valence-corrected chi connectivity index (χ0v) is 10.9. The number of nitrogens with one attached hydrogen (secondary N) is 1. The number of anilines is 1. The first-order valence-corrected chi connectivity index (χ1v) is 6.05. The molecule has 3 rings (SSSR count). The zero-order valence-electron chi connectivity index (χ0n) is 10.9. The van der Waals surface area contributed by atoms with Crippen LogP contribution in [0.4, 0.5) is 5.69 Å². The normalized spacial score (nSPS) is 15.8. The van der Waals surface area contributed by atoms with Gasteiger partial charge in [-0.05, 0) is 37.6 Å². The molecule has 0 spiro atoms. The number of aromatic carboxylic acids is 1. The van der Waals surface area contributed by atoms with Crippen LogP contribution in [0.25, 0.3) is 11.5 Å². The molecule has 1 aliphatic heterocycles. The standard InChI is InChI=1S/C14H12N2O4/c1-14(2)8-5-7(3-4-9(8)16-13(14)19)11-15-10(6-20-11)12(17)18/h3-6H,1-2H3,(H,16,19)(H,17,18). The van der Waals surface area contributed by atoms with E-state index >= 15 is 0 Å². The van der Waals surface area contributed by atoms with Crippen LogP contribution in [0.2, 0.25) is 0 Å². The summed E-state index contributed by atoms with van der Waals surface area (Å²) in [5.74, 6) is -0.984. The topological polar surface area (TPSA) is 92.4 Å². The number of fused-ring (bicyclic) bond motifs is 1. The number of nitrogens with zero attached hydrogens (tertiary/aromatic N) is 1. The lowest BCUT2D eigenvalue weighted by atomic mass is 9.85. The number of carboxylic acids is 1. The van der Waals surface area contributed by atoms with Crippen LogP contribution in [-0.2, 0) is 10.2 Å². The Kier molecular flexibility index (Phi) is 2.44. The molecule has 6 nitrogen and oxygen atoms in total. The molecular formula is C14H12N2O4. The van der Waals surface area contributed by atoms with Gasteiger partial charge in [0.2, 0.25) is 11.8 Å². The highest BCUT2D eigenvalue weighted by atomic mass is 16.4. The predicted octanol–water partition coefficient (Wildman–Crippen LogP) is 2.27. The SMILES string of the molecule is CC1(C)C(=O)Nc2ccc(-c3nc(C(=O)O)co3)cc21. The Morgan fingerprint density at radius 3 is 2.80 bits per heavy atom. The summed E-state index contributed by atoms with van der Waals surface area (Å²) < 4.78 is 5.17. The highest BCUT2D eigenvalue weighted by molar-refractivity contribution is 6.06. The third-order valence-corrected chi connectivity index (χ3v) is 3.48. The molecule has 20 heavy (non-hydrogen) atoms. The molecule has 0 atom stereocenters. The van der Waals surface area contributed by atoms with Gasteiger partial charge in [0, 0.05) is 11.3 Å². The second kappa shape index (κ2) is 3.93. The first-order chi connectivity index (χ1) is 9.39. The Hall–Kier alpha value is -2.63. The van der Waals surface area contributed by atoms with Crippen molar-refractivity contribution in [2.75, 3.05) is 5.32 Å². The third-order valence-electron chi connectivity index (χ3n) is 3.48. The summed E-state index contributed by atoms with van der Waals surface area (Å²) in [5.41, 5.74) is 1.46. The van der Waals surface area contributed by atoms with Crippen molar-refractivity contribution in [2.24, 2.45) is 0 Å². The quantitative estimate of drug-likeness (QED) is 0.874. The Bertz CT molecular complexity index is 731. The lowest BCUT2D eigenvalue weighted by Gasteiger charge is -2.15. The summed E-state index contributed by atoms with van der Waals surface area (Å²) in [4.78, 5) is 26.6. The second-order valence-corrected chi connectivity index (χ2v) is 5.18. The van der Waals surface area contributed by atoms with E-state index in [4.69, 9.17) is 9.52 Å². The van der Waals surface area contributed by atoms with Crippen molar-refractivity contribution >= 4 is 17.6 Å². The highest BCUT2D eigenvalue weighted by Gasteiger charge is 2.38. The first kappa shape index (κ1) is 12.4. The van der Waals surface area contributed by atoms with Crippen LogP contribution in [0, 0.1) is 0 Å². The van der Waals surface area contributed by atoms with Crippen molar-refractivity contribution in [3.05, 3.63) is 35.7 Å². The molecule has 1 amide bonds. The number of hydrogen-bond acceptors (Lipinski definition) is 4. The predicted molar refractivity (Wildman–Crippen MR) is 70.6 cm³/mol. The molecule has 0 unspecified atom stereocenters. The summed E-state index contributed by atoms with van der Waals surface area (Å²) in [5, 5.41) is 11.6. The van der Waals surface area contributed by atoms with Crippen LogP contribution in [0.15, 0.2) is 28.9 Å². The molecular weight excluding hydrogens is 260 g/mol. The van der Waals surface area contributed by atoms with Gasteiger partial charge in [-0.1, -0.05) is 0 Å². The summed E-state index contributed by atoms with van der Waals surface area (Å²) in [7, 11) is 0. The molecule has 0 saturated carbocycles. The van der Waals surface area contributed by atoms with E-state index in [1.54, 1.807) is 18.2 Å². The van der Waals surface area contributed by atoms with Gasteiger partial charge in [0.25, 0.3) is 0 Å². The van der Waals surface area contributed by atoms with Gasteiger partial charge in [0.1, 0.15) is 6.26 Å². The molecule has 102 valence electrons. The van der Waals surface area contributed by atoms with Gasteiger partial charge in [-0.3, -0.25) is 4.79 Å². The first-order valence-electron chi connectivity index (χ1n) is 6.05. The molecule has 6 heteroatoms. The molecule has 2 aromatic rings. The smallest absolute Gasteiger partial charge is 0.357 e. The Morgan fingerprint density at radius 2 is 2.15 bits per heavy atom. The van der Waals surface area contributed by atoms with E-state index in [-0.39, 0.29) is 17.5 Å².